The van der Waals surface area contributed by atoms with Crippen LogP contribution >= 0.6 is 22.6 Å². The second kappa shape index (κ2) is 4.08. The summed E-state index contributed by atoms with van der Waals surface area (Å²) < 4.78 is 7.28. The van der Waals surface area contributed by atoms with E-state index in [1.807, 2.05) is 13.1 Å². The van der Waals surface area contributed by atoms with E-state index >= 15 is 0 Å². The predicted molar refractivity (Wildman–Crippen MR) is 56.4 cm³/mol. The second-order valence-electron chi connectivity index (χ2n) is 2.74. The fraction of sp³-hybridized carbons (Fsp3) is 0.500. The van der Waals surface area contributed by atoms with Crippen LogP contribution in [0.3, 0.4) is 0 Å². The van der Waals surface area contributed by atoms with Crippen LogP contribution in [0.25, 0.3) is 0 Å². The van der Waals surface area contributed by atoms with Crippen LogP contribution in [0.4, 0.5) is 0 Å². The molecule has 0 aliphatic rings. The van der Waals surface area contributed by atoms with Crippen molar-refractivity contribution in [3.63, 3.8) is 0 Å². The van der Waals surface area contributed by atoms with Gasteiger partial charge in [-0.05, 0) is 36.4 Å². The highest BCUT2D eigenvalue weighted by molar-refractivity contribution is 14.1. The highest BCUT2D eigenvalue weighted by atomic mass is 127. The van der Waals surface area contributed by atoms with E-state index in [2.05, 4.69) is 32.4 Å². The van der Waals surface area contributed by atoms with Crippen LogP contribution in [0, 0.1) is 10.5 Å². The van der Waals surface area contributed by atoms with Gasteiger partial charge in [-0.1, -0.05) is 0 Å². The van der Waals surface area contributed by atoms with Crippen molar-refractivity contribution in [1.82, 2.24) is 9.78 Å². The summed E-state index contributed by atoms with van der Waals surface area (Å²) in [4.78, 5) is 11.1. The average molecular weight is 294 g/mol. The lowest BCUT2D eigenvalue weighted by Crippen LogP contribution is -2.18. The lowest BCUT2D eigenvalue weighted by atomic mass is 10.3. The smallest absolute Gasteiger partial charge is 0.330 e. The van der Waals surface area contributed by atoms with Gasteiger partial charge in [0.1, 0.15) is 6.04 Å². The Hall–Kier alpha value is -0.590. The molecule has 1 atom stereocenters. The van der Waals surface area contributed by atoms with Crippen LogP contribution in [0.15, 0.2) is 6.20 Å². The van der Waals surface area contributed by atoms with Crippen molar-refractivity contribution in [2.45, 2.75) is 19.9 Å². The standard InChI is InChI=1S/C8H11IN2O2/c1-5-7(9)4-11(10-5)6(2)8(12)13-3/h4,6H,1-3H3. The number of nitrogens with zero attached hydrogens (tertiary/aromatic N) is 2. The molecule has 1 aromatic rings. The maximum Gasteiger partial charge on any atom is 0.330 e. The molecule has 1 rings (SSSR count). The van der Waals surface area contributed by atoms with Gasteiger partial charge in [0.2, 0.25) is 0 Å². The molecule has 0 aromatic carbocycles. The minimum absolute atomic E-state index is 0.279. The number of carbonyl (C=O) groups is 1. The summed E-state index contributed by atoms with van der Waals surface area (Å²) in [5.41, 5.74) is 0.927. The first-order chi connectivity index (χ1) is 6.06. The van der Waals surface area contributed by atoms with Gasteiger partial charge in [0.25, 0.3) is 0 Å². The van der Waals surface area contributed by atoms with Crippen LogP contribution in [0.1, 0.15) is 18.7 Å². The Bertz CT molecular complexity index is 302. The minimum Gasteiger partial charge on any atom is -0.467 e. The van der Waals surface area contributed by atoms with E-state index in [1.54, 1.807) is 11.6 Å². The Kier molecular flexibility index (Phi) is 3.29. The largest absolute Gasteiger partial charge is 0.467 e. The van der Waals surface area contributed by atoms with Gasteiger partial charge in [-0.2, -0.15) is 5.10 Å². The first-order valence-corrected chi connectivity index (χ1v) is 4.93. The Morgan fingerprint density at radius 1 is 1.77 bits per heavy atom. The number of rotatable bonds is 2. The zero-order valence-corrected chi connectivity index (χ0v) is 9.90. The molecule has 0 aliphatic heterocycles. The van der Waals surface area contributed by atoms with E-state index in [9.17, 15) is 4.79 Å². The molecule has 1 unspecified atom stereocenters. The molecule has 0 amide bonds. The maximum absolute atomic E-state index is 11.1. The third-order valence-electron chi connectivity index (χ3n) is 1.80. The highest BCUT2D eigenvalue weighted by Gasteiger charge is 2.16. The predicted octanol–water partition coefficient (Wildman–Crippen LogP) is 1.53. The molecule has 1 heterocycles. The van der Waals surface area contributed by atoms with Crippen molar-refractivity contribution in [1.29, 1.82) is 0 Å². The molecule has 0 N–H and O–H groups in total. The first-order valence-electron chi connectivity index (χ1n) is 3.85. The fourth-order valence-corrected chi connectivity index (χ4v) is 1.33. The van der Waals surface area contributed by atoms with Crippen molar-refractivity contribution < 1.29 is 9.53 Å². The molecule has 4 nitrogen and oxygen atoms in total. The zero-order chi connectivity index (χ0) is 10.0. The number of carbonyl (C=O) groups excluding carboxylic acids is 1. The summed E-state index contributed by atoms with van der Waals surface area (Å²) in [5.74, 6) is -0.279. The molecular formula is C8H11IN2O2. The number of halogens is 1. The third-order valence-corrected chi connectivity index (χ3v) is 2.85. The van der Waals surface area contributed by atoms with Crippen molar-refractivity contribution >= 4 is 28.6 Å². The Morgan fingerprint density at radius 3 is 2.77 bits per heavy atom. The number of hydrogen-bond acceptors (Lipinski definition) is 3. The Labute approximate surface area is 90.4 Å². The summed E-state index contributed by atoms with van der Waals surface area (Å²) in [6.07, 6.45) is 1.83. The topological polar surface area (TPSA) is 44.1 Å². The van der Waals surface area contributed by atoms with Crippen LogP contribution in [0.2, 0.25) is 0 Å². The van der Waals surface area contributed by atoms with Gasteiger partial charge < -0.3 is 4.74 Å². The Balaban J connectivity index is 2.89. The molecule has 0 fully saturated rings. The molecule has 0 radical (unpaired) electrons. The van der Waals surface area contributed by atoms with E-state index in [-0.39, 0.29) is 12.0 Å². The first kappa shape index (κ1) is 10.5. The normalized spacial score (nSPS) is 12.6. The molecule has 0 spiro atoms. The lowest BCUT2D eigenvalue weighted by Gasteiger charge is -2.08. The van der Waals surface area contributed by atoms with E-state index < -0.39 is 0 Å². The molecule has 0 saturated carbocycles. The molecule has 0 bridgehead atoms. The molecule has 0 saturated heterocycles. The molecule has 1 aromatic heterocycles. The minimum atomic E-state index is -0.354. The van der Waals surface area contributed by atoms with Gasteiger partial charge in [0.15, 0.2) is 0 Å². The molecule has 0 aliphatic carbocycles. The number of aryl methyl sites for hydroxylation is 1. The summed E-state index contributed by atoms with van der Waals surface area (Å²) in [6.45, 7) is 3.66. The van der Waals surface area contributed by atoms with Crippen molar-refractivity contribution in [2.24, 2.45) is 0 Å². The van der Waals surface area contributed by atoms with Gasteiger partial charge in [0, 0.05) is 6.20 Å². The van der Waals surface area contributed by atoms with Gasteiger partial charge in [-0.25, -0.2) is 4.79 Å². The Morgan fingerprint density at radius 2 is 2.38 bits per heavy atom. The van der Waals surface area contributed by atoms with Crippen LogP contribution in [-0.4, -0.2) is 22.9 Å². The van der Waals surface area contributed by atoms with Crippen molar-refractivity contribution in [2.75, 3.05) is 7.11 Å². The summed E-state index contributed by atoms with van der Waals surface area (Å²) in [6, 6.07) is -0.354. The van der Waals surface area contributed by atoms with Gasteiger partial charge >= 0.3 is 5.97 Å². The van der Waals surface area contributed by atoms with Gasteiger partial charge in [-0.3, -0.25) is 4.68 Å². The number of ether oxygens (including phenoxy) is 1. The van der Waals surface area contributed by atoms with Crippen molar-refractivity contribution in [3.8, 4) is 0 Å². The molecule has 5 heteroatoms. The summed E-state index contributed by atoms with van der Waals surface area (Å²) >= 11 is 2.18. The number of hydrogen-bond donors (Lipinski definition) is 0. The van der Waals surface area contributed by atoms with E-state index in [0.29, 0.717) is 0 Å². The van der Waals surface area contributed by atoms with Crippen molar-refractivity contribution in [3.05, 3.63) is 15.5 Å². The lowest BCUT2D eigenvalue weighted by molar-refractivity contribution is -0.144. The fourth-order valence-electron chi connectivity index (χ4n) is 0.936. The third kappa shape index (κ3) is 2.20. The van der Waals surface area contributed by atoms with E-state index in [1.165, 1.54) is 7.11 Å². The van der Waals surface area contributed by atoms with Gasteiger partial charge in [-0.15, -0.1) is 0 Å². The summed E-state index contributed by atoms with van der Waals surface area (Å²) in [5, 5.41) is 4.19. The average Bonchev–Trinajstić information content (AvgIpc) is 2.44. The quantitative estimate of drug-likeness (QED) is 0.614. The molecular weight excluding hydrogens is 283 g/mol. The SMILES string of the molecule is COC(=O)C(C)n1cc(I)c(C)n1. The molecule has 72 valence electrons. The number of aromatic nitrogens is 2. The van der Waals surface area contributed by atoms with E-state index in [4.69, 9.17) is 0 Å². The zero-order valence-electron chi connectivity index (χ0n) is 7.74. The monoisotopic (exact) mass is 294 g/mol. The van der Waals surface area contributed by atoms with Crippen LogP contribution in [-0.2, 0) is 9.53 Å². The number of esters is 1. The molecule has 13 heavy (non-hydrogen) atoms. The summed E-state index contributed by atoms with van der Waals surface area (Å²) in [7, 11) is 1.38. The van der Waals surface area contributed by atoms with Crippen LogP contribution < -0.4 is 0 Å². The van der Waals surface area contributed by atoms with Gasteiger partial charge in [0.05, 0.1) is 16.4 Å². The second-order valence-corrected chi connectivity index (χ2v) is 3.90. The highest BCUT2D eigenvalue weighted by Crippen LogP contribution is 2.13. The van der Waals surface area contributed by atoms with Crippen LogP contribution in [0.5, 0.6) is 0 Å². The van der Waals surface area contributed by atoms with E-state index in [0.717, 1.165) is 9.26 Å². The maximum atomic E-state index is 11.1. The number of methoxy groups -OCH3 is 1.